The largest absolute Gasteiger partial charge is 0.356 e. The first-order chi connectivity index (χ1) is 8.41. The van der Waals surface area contributed by atoms with Crippen LogP contribution in [-0.4, -0.2) is 50.1 Å². The molecular formula is C14H30ClN3O. The molecule has 2 N–H and O–H groups in total. The number of hydrogen-bond acceptors (Lipinski definition) is 3. The first-order valence-electron chi connectivity index (χ1n) is 7.12. The summed E-state index contributed by atoms with van der Waals surface area (Å²) in [5, 5.41) is 6.39. The SMILES string of the molecule is CC(C(=O)NCCCN1CCNCC1)C(C)(C)C.Cl. The lowest BCUT2D eigenvalue weighted by Gasteiger charge is -2.28. The Morgan fingerprint density at radius 3 is 2.42 bits per heavy atom. The van der Waals surface area contributed by atoms with E-state index in [1.54, 1.807) is 0 Å². The number of amides is 1. The van der Waals surface area contributed by atoms with E-state index in [1.807, 2.05) is 6.92 Å². The molecule has 114 valence electrons. The van der Waals surface area contributed by atoms with E-state index in [2.05, 4.69) is 36.3 Å². The van der Waals surface area contributed by atoms with Gasteiger partial charge in [-0.3, -0.25) is 4.79 Å². The number of nitrogens with one attached hydrogen (secondary N) is 2. The predicted molar refractivity (Wildman–Crippen MR) is 82.8 cm³/mol. The van der Waals surface area contributed by atoms with Crippen LogP contribution in [0.3, 0.4) is 0 Å². The average Bonchev–Trinajstić information content (AvgIpc) is 2.33. The van der Waals surface area contributed by atoms with Crippen LogP contribution in [0, 0.1) is 11.3 Å². The first-order valence-corrected chi connectivity index (χ1v) is 7.12. The molecule has 0 saturated carbocycles. The number of nitrogens with zero attached hydrogens (tertiary/aromatic N) is 1. The van der Waals surface area contributed by atoms with Crippen molar-refractivity contribution in [2.24, 2.45) is 11.3 Å². The minimum atomic E-state index is 0. The smallest absolute Gasteiger partial charge is 0.223 e. The third-order valence-electron chi connectivity index (χ3n) is 3.85. The molecule has 1 aliphatic heterocycles. The normalized spacial score (nSPS) is 18.5. The Balaban J connectivity index is 0.00000324. The van der Waals surface area contributed by atoms with Gasteiger partial charge in [-0.2, -0.15) is 0 Å². The number of carbonyl (C=O) groups excluding carboxylic acids is 1. The molecule has 0 aromatic rings. The molecule has 0 aliphatic carbocycles. The van der Waals surface area contributed by atoms with Crippen LogP contribution >= 0.6 is 12.4 Å². The Bertz CT molecular complexity index is 260. The van der Waals surface area contributed by atoms with Crippen LogP contribution in [0.15, 0.2) is 0 Å². The summed E-state index contributed by atoms with van der Waals surface area (Å²) in [6, 6.07) is 0. The van der Waals surface area contributed by atoms with Crippen molar-refractivity contribution in [3.05, 3.63) is 0 Å². The van der Waals surface area contributed by atoms with Crippen molar-refractivity contribution in [2.75, 3.05) is 39.3 Å². The number of carbonyl (C=O) groups is 1. The van der Waals surface area contributed by atoms with E-state index < -0.39 is 0 Å². The summed E-state index contributed by atoms with van der Waals surface area (Å²) in [5.74, 6) is 0.250. The molecule has 0 radical (unpaired) electrons. The van der Waals surface area contributed by atoms with Crippen molar-refractivity contribution in [3.8, 4) is 0 Å². The van der Waals surface area contributed by atoms with Crippen molar-refractivity contribution in [3.63, 3.8) is 0 Å². The third kappa shape index (κ3) is 7.14. The molecule has 1 unspecified atom stereocenters. The number of rotatable bonds is 5. The summed E-state index contributed by atoms with van der Waals surface area (Å²) in [5.41, 5.74) is 0.0443. The van der Waals surface area contributed by atoms with Crippen LogP contribution in [0.2, 0.25) is 0 Å². The van der Waals surface area contributed by atoms with Gasteiger partial charge in [-0.15, -0.1) is 12.4 Å². The van der Waals surface area contributed by atoms with Crippen LogP contribution in [0.1, 0.15) is 34.1 Å². The molecule has 0 bridgehead atoms. The van der Waals surface area contributed by atoms with E-state index in [0.717, 1.165) is 45.7 Å². The highest BCUT2D eigenvalue weighted by Gasteiger charge is 2.26. The second-order valence-corrected chi connectivity index (χ2v) is 6.32. The first kappa shape index (κ1) is 18.7. The van der Waals surface area contributed by atoms with Gasteiger partial charge in [0.25, 0.3) is 0 Å². The van der Waals surface area contributed by atoms with E-state index in [4.69, 9.17) is 0 Å². The van der Waals surface area contributed by atoms with Crippen LogP contribution in [0.25, 0.3) is 0 Å². The predicted octanol–water partition coefficient (Wildman–Crippen LogP) is 1.50. The summed E-state index contributed by atoms with van der Waals surface area (Å²) in [6.45, 7) is 14.7. The van der Waals surface area contributed by atoms with Crippen molar-refractivity contribution >= 4 is 18.3 Å². The molecule has 1 rings (SSSR count). The molecule has 0 aromatic heterocycles. The molecule has 0 spiro atoms. The summed E-state index contributed by atoms with van der Waals surface area (Å²) in [7, 11) is 0. The topological polar surface area (TPSA) is 44.4 Å². The molecule has 1 heterocycles. The molecule has 1 atom stereocenters. The van der Waals surface area contributed by atoms with Crippen molar-refractivity contribution < 1.29 is 4.79 Å². The van der Waals surface area contributed by atoms with E-state index >= 15 is 0 Å². The molecule has 1 amide bonds. The fourth-order valence-electron chi connectivity index (χ4n) is 2.00. The summed E-state index contributed by atoms with van der Waals surface area (Å²) in [4.78, 5) is 14.4. The maximum Gasteiger partial charge on any atom is 0.223 e. The van der Waals surface area contributed by atoms with Gasteiger partial charge in [-0.25, -0.2) is 0 Å². The zero-order chi connectivity index (χ0) is 13.6. The fourth-order valence-corrected chi connectivity index (χ4v) is 2.00. The minimum Gasteiger partial charge on any atom is -0.356 e. The third-order valence-corrected chi connectivity index (χ3v) is 3.85. The van der Waals surface area contributed by atoms with E-state index in [9.17, 15) is 4.79 Å². The van der Waals surface area contributed by atoms with E-state index in [1.165, 1.54) is 0 Å². The molecule has 0 aromatic carbocycles. The van der Waals surface area contributed by atoms with Gasteiger partial charge in [0.15, 0.2) is 0 Å². The molecule has 19 heavy (non-hydrogen) atoms. The van der Waals surface area contributed by atoms with Gasteiger partial charge in [0.05, 0.1) is 0 Å². The second-order valence-electron chi connectivity index (χ2n) is 6.32. The van der Waals surface area contributed by atoms with E-state index in [-0.39, 0.29) is 29.6 Å². The zero-order valence-electron chi connectivity index (χ0n) is 12.8. The highest BCUT2D eigenvalue weighted by molar-refractivity contribution is 5.85. The van der Waals surface area contributed by atoms with Crippen LogP contribution in [0.4, 0.5) is 0 Å². The van der Waals surface area contributed by atoms with Gasteiger partial charge in [0, 0.05) is 38.6 Å². The summed E-state index contributed by atoms with van der Waals surface area (Å²) >= 11 is 0. The van der Waals surface area contributed by atoms with Crippen molar-refractivity contribution in [1.82, 2.24) is 15.5 Å². The van der Waals surface area contributed by atoms with Crippen LogP contribution < -0.4 is 10.6 Å². The Hall–Kier alpha value is -0.320. The van der Waals surface area contributed by atoms with Gasteiger partial charge in [-0.1, -0.05) is 27.7 Å². The molecule has 1 saturated heterocycles. The minimum absolute atomic E-state index is 0. The molecule has 4 nitrogen and oxygen atoms in total. The Kier molecular flexibility index (Phi) is 8.62. The lowest BCUT2D eigenvalue weighted by atomic mass is 9.81. The highest BCUT2D eigenvalue weighted by Crippen LogP contribution is 2.25. The monoisotopic (exact) mass is 291 g/mol. The standard InChI is InChI=1S/C14H29N3O.ClH/c1-12(14(2,3)4)13(18)16-6-5-9-17-10-7-15-8-11-17;/h12,15H,5-11H2,1-4H3,(H,16,18);1H. The summed E-state index contributed by atoms with van der Waals surface area (Å²) < 4.78 is 0. The van der Waals surface area contributed by atoms with Crippen molar-refractivity contribution in [1.29, 1.82) is 0 Å². The zero-order valence-corrected chi connectivity index (χ0v) is 13.6. The molecule has 1 fully saturated rings. The van der Waals surface area contributed by atoms with Crippen LogP contribution in [-0.2, 0) is 4.79 Å². The Morgan fingerprint density at radius 1 is 1.32 bits per heavy atom. The maximum atomic E-state index is 11.9. The van der Waals surface area contributed by atoms with Gasteiger partial charge in [0.1, 0.15) is 0 Å². The Morgan fingerprint density at radius 2 is 1.89 bits per heavy atom. The lowest BCUT2D eigenvalue weighted by Crippen LogP contribution is -2.44. The summed E-state index contributed by atoms with van der Waals surface area (Å²) in [6.07, 6.45) is 1.04. The molecule has 5 heteroatoms. The lowest BCUT2D eigenvalue weighted by molar-refractivity contribution is -0.127. The quantitative estimate of drug-likeness (QED) is 0.755. The van der Waals surface area contributed by atoms with Crippen molar-refractivity contribution in [2.45, 2.75) is 34.1 Å². The van der Waals surface area contributed by atoms with Gasteiger partial charge < -0.3 is 15.5 Å². The highest BCUT2D eigenvalue weighted by atomic mass is 35.5. The Labute approximate surface area is 124 Å². The van der Waals surface area contributed by atoms with Gasteiger partial charge >= 0.3 is 0 Å². The molecular weight excluding hydrogens is 262 g/mol. The maximum absolute atomic E-state index is 11.9. The number of piperazine rings is 1. The number of hydrogen-bond donors (Lipinski definition) is 2. The van der Waals surface area contributed by atoms with E-state index in [0.29, 0.717) is 0 Å². The van der Waals surface area contributed by atoms with Gasteiger partial charge in [0.2, 0.25) is 5.91 Å². The fraction of sp³-hybridized carbons (Fsp3) is 0.929. The second kappa shape index (κ2) is 8.77. The average molecular weight is 292 g/mol. The number of halogens is 1. The van der Waals surface area contributed by atoms with Gasteiger partial charge in [-0.05, 0) is 18.4 Å². The van der Waals surface area contributed by atoms with Crippen LogP contribution in [0.5, 0.6) is 0 Å². The molecule has 1 aliphatic rings.